The van der Waals surface area contributed by atoms with Crippen molar-refractivity contribution in [2.75, 3.05) is 13.1 Å². The second-order valence-electron chi connectivity index (χ2n) is 10.4. The Hall–Kier alpha value is -2.54. The van der Waals surface area contributed by atoms with E-state index in [4.69, 9.17) is 4.98 Å². The molecule has 0 saturated carbocycles. The van der Waals surface area contributed by atoms with Gasteiger partial charge in [-0.2, -0.15) is 0 Å². The fraction of sp³-hybridized carbons (Fsp3) is 0.423. The molecule has 1 N–H and O–H groups in total. The van der Waals surface area contributed by atoms with Crippen molar-refractivity contribution < 1.29 is 5.11 Å². The molecular weight excluding hydrogens is 434 g/mol. The molecule has 1 aromatic carbocycles. The number of halogens is 1. The van der Waals surface area contributed by atoms with Crippen LogP contribution < -0.4 is 0 Å². The fourth-order valence-electron chi connectivity index (χ4n) is 4.73. The largest absolute Gasteiger partial charge is 0.389 e. The SMILES string of the molecule is C[C@@H](c1ccc2nnc(-c3ccc4cccc(C(C)(C)C)c4n3)n2c1)N1CCC(C)(O)C1.Cl. The third-order valence-electron chi connectivity index (χ3n) is 6.69. The number of hydrogen-bond donors (Lipinski definition) is 1. The number of hydrogen-bond acceptors (Lipinski definition) is 5. The molecule has 0 spiro atoms. The Morgan fingerprint density at radius 2 is 1.85 bits per heavy atom. The maximum Gasteiger partial charge on any atom is 0.187 e. The average Bonchev–Trinajstić information content (AvgIpc) is 3.34. The number of nitrogens with zero attached hydrogens (tertiary/aromatic N) is 5. The van der Waals surface area contributed by atoms with Gasteiger partial charge in [-0.05, 0) is 48.9 Å². The molecule has 0 amide bonds. The standard InChI is InChI=1S/C26H31N5O.ClH/c1-17(30-14-13-26(5,32)16-30)19-10-12-22-28-29-24(31(22)15-19)21-11-9-18-7-6-8-20(23(18)27-21)25(2,3)4;/h6-12,15,17,32H,13-14,16H2,1-5H3;1H/t17-,26?;/m0./s1. The molecule has 1 aliphatic heterocycles. The lowest BCUT2D eigenvalue weighted by Crippen LogP contribution is -2.31. The van der Waals surface area contributed by atoms with Gasteiger partial charge in [0.15, 0.2) is 11.5 Å². The van der Waals surface area contributed by atoms with Gasteiger partial charge in [0.05, 0.1) is 11.1 Å². The van der Waals surface area contributed by atoms with Gasteiger partial charge in [-0.3, -0.25) is 9.30 Å². The molecule has 174 valence electrons. The molecule has 33 heavy (non-hydrogen) atoms. The number of pyridine rings is 2. The second kappa shape index (κ2) is 8.35. The van der Waals surface area contributed by atoms with Crippen LogP contribution in [0, 0.1) is 0 Å². The number of rotatable bonds is 3. The van der Waals surface area contributed by atoms with E-state index in [1.807, 2.05) is 23.5 Å². The van der Waals surface area contributed by atoms with E-state index < -0.39 is 5.60 Å². The van der Waals surface area contributed by atoms with Gasteiger partial charge >= 0.3 is 0 Å². The van der Waals surface area contributed by atoms with Crippen LogP contribution in [-0.2, 0) is 5.41 Å². The fourth-order valence-corrected chi connectivity index (χ4v) is 4.73. The number of aliphatic hydroxyl groups is 1. The van der Waals surface area contributed by atoms with Crippen LogP contribution in [0.2, 0.25) is 0 Å². The van der Waals surface area contributed by atoms with Gasteiger partial charge in [-0.15, -0.1) is 22.6 Å². The number of para-hydroxylation sites is 1. The molecule has 0 aliphatic carbocycles. The first-order valence-corrected chi connectivity index (χ1v) is 11.3. The highest BCUT2D eigenvalue weighted by Gasteiger charge is 2.34. The lowest BCUT2D eigenvalue weighted by atomic mass is 9.85. The highest BCUT2D eigenvalue weighted by molar-refractivity contribution is 5.85. The minimum absolute atomic E-state index is 0. The number of β-amino-alcohol motifs (C(OH)–C–C–N with tert-alkyl or cyclic N) is 1. The summed E-state index contributed by atoms with van der Waals surface area (Å²) in [6.07, 6.45) is 2.92. The molecule has 3 aromatic heterocycles. The van der Waals surface area contributed by atoms with E-state index in [1.54, 1.807) is 0 Å². The summed E-state index contributed by atoms with van der Waals surface area (Å²) < 4.78 is 2.04. The van der Waals surface area contributed by atoms with Crippen LogP contribution >= 0.6 is 12.4 Å². The van der Waals surface area contributed by atoms with E-state index in [0.29, 0.717) is 6.54 Å². The maximum absolute atomic E-state index is 10.4. The zero-order valence-corrected chi connectivity index (χ0v) is 20.7. The smallest absolute Gasteiger partial charge is 0.187 e. The molecule has 0 radical (unpaired) electrons. The molecule has 6 nitrogen and oxygen atoms in total. The predicted molar refractivity (Wildman–Crippen MR) is 135 cm³/mol. The van der Waals surface area contributed by atoms with Crippen molar-refractivity contribution in [3.8, 4) is 11.5 Å². The Labute approximate surface area is 201 Å². The summed E-state index contributed by atoms with van der Waals surface area (Å²) in [5, 5.41) is 20.4. The van der Waals surface area contributed by atoms with E-state index in [0.717, 1.165) is 41.0 Å². The Morgan fingerprint density at radius 1 is 1.06 bits per heavy atom. The zero-order chi connectivity index (χ0) is 22.7. The van der Waals surface area contributed by atoms with Crippen LogP contribution in [0.3, 0.4) is 0 Å². The molecule has 1 fully saturated rings. The van der Waals surface area contributed by atoms with Crippen LogP contribution in [0.15, 0.2) is 48.7 Å². The molecule has 1 saturated heterocycles. The highest BCUT2D eigenvalue weighted by atomic mass is 35.5. The van der Waals surface area contributed by atoms with Gasteiger partial charge in [-0.25, -0.2) is 4.98 Å². The molecule has 2 atom stereocenters. The summed E-state index contributed by atoms with van der Waals surface area (Å²) in [5.41, 5.74) is 4.41. The minimum Gasteiger partial charge on any atom is -0.389 e. The first kappa shape index (κ1) is 23.6. The normalized spacial score (nSPS) is 20.3. The number of benzene rings is 1. The number of likely N-dealkylation sites (tertiary alicyclic amines) is 1. The van der Waals surface area contributed by atoms with Gasteiger partial charge in [0, 0.05) is 30.7 Å². The van der Waals surface area contributed by atoms with Gasteiger partial charge in [0.25, 0.3) is 0 Å². The summed E-state index contributed by atoms with van der Waals surface area (Å²) in [6.45, 7) is 12.3. The van der Waals surface area contributed by atoms with Gasteiger partial charge in [-0.1, -0.05) is 51.1 Å². The first-order chi connectivity index (χ1) is 15.1. The first-order valence-electron chi connectivity index (χ1n) is 11.3. The van der Waals surface area contributed by atoms with Crippen molar-refractivity contribution in [1.82, 2.24) is 24.5 Å². The summed E-state index contributed by atoms with van der Waals surface area (Å²) in [7, 11) is 0. The highest BCUT2D eigenvalue weighted by Crippen LogP contribution is 2.32. The monoisotopic (exact) mass is 465 g/mol. The third-order valence-corrected chi connectivity index (χ3v) is 6.69. The molecule has 5 rings (SSSR count). The molecule has 0 bridgehead atoms. The summed E-state index contributed by atoms with van der Waals surface area (Å²) in [4.78, 5) is 7.37. The molecule has 1 unspecified atom stereocenters. The maximum atomic E-state index is 10.4. The lowest BCUT2D eigenvalue weighted by molar-refractivity contribution is 0.0633. The molecule has 7 heteroatoms. The quantitative estimate of drug-likeness (QED) is 0.451. The van der Waals surface area contributed by atoms with E-state index >= 15 is 0 Å². The van der Waals surface area contributed by atoms with E-state index in [-0.39, 0.29) is 23.9 Å². The van der Waals surface area contributed by atoms with Crippen molar-refractivity contribution >= 4 is 29.0 Å². The van der Waals surface area contributed by atoms with Crippen LogP contribution in [0.4, 0.5) is 0 Å². The summed E-state index contributed by atoms with van der Waals surface area (Å²) in [5.74, 6) is 0.744. The molecule has 1 aliphatic rings. The predicted octanol–water partition coefficient (Wildman–Crippen LogP) is 5.18. The van der Waals surface area contributed by atoms with Gasteiger partial charge in [0.2, 0.25) is 0 Å². The van der Waals surface area contributed by atoms with Crippen molar-refractivity contribution in [2.24, 2.45) is 0 Å². The number of aromatic nitrogens is 4. The zero-order valence-electron chi connectivity index (χ0n) is 19.9. The van der Waals surface area contributed by atoms with Crippen LogP contribution in [0.5, 0.6) is 0 Å². The van der Waals surface area contributed by atoms with E-state index in [9.17, 15) is 5.11 Å². The van der Waals surface area contributed by atoms with Crippen LogP contribution in [0.25, 0.3) is 28.1 Å². The molecular formula is C26H32ClN5O. The van der Waals surface area contributed by atoms with Crippen LogP contribution in [-0.4, -0.2) is 48.3 Å². The summed E-state index contributed by atoms with van der Waals surface area (Å²) in [6, 6.07) is 14.8. The van der Waals surface area contributed by atoms with Crippen LogP contribution in [0.1, 0.15) is 58.2 Å². The average molecular weight is 466 g/mol. The Balaban J connectivity index is 0.00000259. The summed E-state index contributed by atoms with van der Waals surface area (Å²) >= 11 is 0. The Kier molecular flexibility index (Phi) is 5.97. The second-order valence-corrected chi connectivity index (χ2v) is 10.4. The van der Waals surface area contributed by atoms with Crippen molar-refractivity contribution in [2.45, 2.75) is 58.1 Å². The van der Waals surface area contributed by atoms with E-state index in [2.05, 4.69) is 79.3 Å². The van der Waals surface area contributed by atoms with Crippen molar-refractivity contribution in [1.29, 1.82) is 0 Å². The third kappa shape index (κ3) is 4.35. The Bertz CT molecular complexity index is 1310. The van der Waals surface area contributed by atoms with Gasteiger partial charge in [0.1, 0.15) is 5.69 Å². The number of fused-ring (bicyclic) bond motifs is 2. The minimum atomic E-state index is -0.611. The Morgan fingerprint density at radius 3 is 2.55 bits per heavy atom. The molecule has 4 heterocycles. The van der Waals surface area contributed by atoms with Gasteiger partial charge < -0.3 is 5.11 Å². The van der Waals surface area contributed by atoms with Crippen molar-refractivity contribution in [3.63, 3.8) is 0 Å². The van der Waals surface area contributed by atoms with E-state index in [1.165, 1.54) is 11.1 Å². The lowest BCUT2D eigenvalue weighted by Gasteiger charge is -2.26. The topological polar surface area (TPSA) is 66.5 Å². The van der Waals surface area contributed by atoms with Crippen molar-refractivity contribution in [3.05, 3.63) is 59.8 Å². The molecule has 4 aromatic rings.